The second kappa shape index (κ2) is 9.90. The first-order valence-electron chi connectivity index (χ1n) is 9.88. The number of carbonyl (C=O) groups is 2. The third-order valence-electron chi connectivity index (χ3n) is 5.29. The van der Waals surface area contributed by atoms with Crippen LogP contribution in [0.2, 0.25) is 5.02 Å². The minimum atomic E-state index is -0.0195. The number of ether oxygens (including phenoxy) is 1. The van der Waals surface area contributed by atoms with Crippen molar-refractivity contribution in [3.05, 3.63) is 64.2 Å². The predicted octanol–water partition coefficient (Wildman–Crippen LogP) is 3.83. The highest BCUT2D eigenvalue weighted by Crippen LogP contribution is 2.22. The Morgan fingerprint density at radius 3 is 2.48 bits per heavy atom. The number of carbonyl (C=O) groups excluding carboxylic acids is 2. The molecule has 1 amide bonds. The molecule has 1 fully saturated rings. The van der Waals surface area contributed by atoms with Crippen molar-refractivity contribution >= 4 is 23.3 Å². The van der Waals surface area contributed by atoms with Gasteiger partial charge in [0.05, 0.1) is 13.5 Å². The number of methoxy groups -OCH3 is 1. The number of Topliss-reactive ketones (excluding diaryl/α,β-unsaturated/α-hetero) is 1. The van der Waals surface area contributed by atoms with E-state index in [1.54, 1.807) is 25.3 Å². The third kappa shape index (κ3) is 5.81. The number of rotatable bonds is 6. The first-order valence-corrected chi connectivity index (χ1v) is 10.3. The summed E-state index contributed by atoms with van der Waals surface area (Å²) in [6.07, 6.45) is 1.17. The van der Waals surface area contributed by atoms with Crippen LogP contribution >= 0.6 is 11.6 Å². The zero-order valence-corrected chi connectivity index (χ0v) is 17.7. The van der Waals surface area contributed by atoms with Gasteiger partial charge in [-0.05, 0) is 49.2 Å². The number of halogens is 1. The lowest BCUT2D eigenvalue weighted by molar-refractivity contribution is -0.130. The summed E-state index contributed by atoms with van der Waals surface area (Å²) in [4.78, 5) is 28.9. The van der Waals surface area contributed by atoms with Crippen molar-refractivity contribution in [2.45, 2.75) is 26.3 Å². The van der Waals surface area contributed by atoms with Gasteiger partial charge < -0.3 is 9.64 Å². The van der Waals surface area contributed by atoms with Crippen molar-refractivity contribution in [1.29, 1.82) is 0 Å². The van der Waals surface area contributed by atoms with Crippen LogP contribution in [0.4, 0.5) is 0 Å². The second-order valence-corrected chi connectivity index (χ2v) is 7.83. The topological polar surface area (TPSA) is 49.9 Å². The lowest BCUT2D eigenvalue weighted by Crippen LogP contribution is -2.36. The van der Waals surface area contributed by atoms with Gasteiger partial charge in [-0.3, -0.25) is 14.5 Å². The van der Waals surface area contributed by atoms with Gasteiger partial charge in [0.2, 0.25) is 5.91 Å². The Kier molecular flexibility index (Phi) is 7.29. The molecule has 1 heterocycles. The van der Waals surface area contributed by atoms with E-state index in [4.69, 9.17) is 16.3 Å². The molecule has 0 bridgehead atoms. The summed E-state index contributed by atoms with van der Waals surface area (Å²) in [5.74, 6) is 0.689. The van der Waals surface area contributed by atoms with Crippen LogP contribution in [-0.4, -0.2) is 54.8 Å². The van der Waals surface area contributed by atoms with Gasteiger partial charge in [0.1, 0.15) is 5.75 Å². The van der Waals surface area contributed by atoms with Gasteiger partial charge in [0, 0.05) is 48.9 Å². The molecular weight excluding hydrogens is 388 g/mol. The summed E-state index contributed by atoms with van der Waals surface area (Å²) < 4.78 is 5.39. The van der Waals surface area contributed by atoms with Crippen LogP contribution in [0.3, 0.4) is 0 Å². The van der Waals surface area contributed by atoms with E-state index in [1.807, 2.05) is 29.2 Å². The minimum absolute atomic E-state index is 0.0195. The highest BCUT2D eigenvalue weighted by molar-refractivity contribution is 6.30. The maximum atomic E-state index is 12.9. The summed E-state index contributed by atoms with van der Waals surface area (Å²) in [6.45, 7) is 5.60. The van der Waals surface area contributed by atoms with Gasteiger partial charge in [0.15, 0.2) is 5.78 Å². The lowest BCUT2D eigenvalue weighted by atomic mass is 10.0. The fourth-order valence-corrected chi connectivity index (χ4v) is 3.76. The summed E-state index contributed by atoms with van der Waals surface area (Å²) >= 11 is 5.96. The van der Waals surface area contributed by atoms with Crippen LogP contribution in [0.15, 0.2) is 42.5 Å². The van der Waals surface area contributed by atoms with E-state index in [9.17, 15) is 9.59 Å². The molecule has 1 aliphatic heterocycles. The Morgan fingerprint density at radius 2 is 1.79 bits per heavy atom. The normalized spacial score (nSPS) is 15.1. The van der Waals surface area contributed by atoms with Gasteiger partial charge in [-0.25, -0.2) is 0 Å². The van der Waals surface area contributed by atoms with Crippen molar-refractivity contribution in [3.63, 3.8) is 0 Å². The molecule has 2 aromatic carbocycles. The number of hydrogen-bond donors (Lipinski definition) is 0. The summed E-state index contributed by atoms with van der Waals surface area (Å²) in [6, 6.07) is 13.2. The number of amides is 1. The second-order valence-electron chi connectivity index (χ2n) is 7.40. The average molecular weight is 415 g/mol. The molecule has 3 rings (SSSR count). The Hall–Kier alpha value is -2.37. The molecule has 154 valence electrons. The molecule has 2 aromatic rings. The maximum absolute atomic E-state index is 12.9. The molecule has 0 saturated carbocycles. The molecular formula is C23H27ClN2O3. The molecule has 1 aliphatic rings. The zero-order chi connectivity index (χ0) is 20.8. The van der Waals surface area contributed by atoms with Gasteiger partial charge in [-0.15, -0.1) is 0 Å². The molecule has 0 aliphatic carbocycles. The summed E-state index contributed by atoms with van der Waals surface area (Å²) in [5.41, 5.74) is 2.58. The van der Waals surface area contributed by atoms with Crippen molar-refractivity contribution in [1.82, 2.24) is 9.80 Å². The average Bonchev–Trinajstić information content (AvgIpc) is 2.95. The monoisotopic (exact) mass is 414 g/mol. The predicted molar refractivity (Wildman–Crippen MR) is 115 cm³/mol. The molecule has 0 unspecified atom stereocenters. The van der Waals surface area contributed by atoms with Gasteiger partial charge >= 0.3 is 0 Å². The highest BCUT2D eigenvalue weighted by atomic mass is 35.5. The van der Waals surface area contributed by atoms with E-state index in [1.165, 1.54) is 12.5 Å². The van der Waals surface area contributed by atoms with E-state index < -0.39 is 0 Å². The van der Waals surface area contributed by atoms with Gasteiger partial charge in [-0.1, -0.05) is 23.7 Å². The summed E-state index contributed by atoms with van der Waals surface area (Å²) in [7, 11) is 1.58. The Labute approximate surface area is 177 Å². The quantitative estimate of drug-likeness (QED) is 0.674. The lowest BCUT2D eigenvalue weighted by Gasteiger charge is -2.22. The highest BCUT2D eigenvalue weighted by Gasteiger charge is 2.21. The van der Waals surface area contributed by atoms with Gasteiger partial charge in [0.25, 0.3) is 0 Å². The molecule has 0 N–H and O–H groups in total. The SMILES string of the molecule is COc1ccc(C(C)=O)cc1CC(=O)N1CCCN(Cc2ccc(Cl)cc2)CC1. The fourth-order valence-electron chi connectivity index (χ4n) is 3.64. The minimum Gasteiger partial charge on any atom is -0.496 e. The smallest absolute Gasteiger partial charge is 0.227 e. The zero-order valence-electron chi connectivity index (χ0n) is 17.0. The molecule has 0 radical (unpaired) electrons. The maximum Gasteiger partial charge on any atom is 0.227 e. The standard InChI is InChI=1S/C23H27ClN2O3/c1-17(27)19-6-9-22(29-2)20(14-19)15-23(28)26-11-3-10-25(12-13-26)16-18-4-7-21(24)8-5-18/h4-9,14H,3,10-13,15-16H2,1-2H3. The number of ketones is 1. The van der Waals surface area contributed by atoms with Gasteiger partial charge in [-0.2, -0.15) is 0 Å². The van der Waals surface area contributed by atoms with Crippen LogP contribution in [0.5, 0.6) is 5.75 Å². The van der Waals surface area contributed by atoms with Crippen LogP contribution in [0.25, 0.3) is 0 Å². The van der Waals surface area contributed by atoms with Crippen molar-refractivity contribution in [2.75, 3.05) is 33.3 Å². The van der Waals surface area contributed by atoms with E-state index >= 15 is 0 Å². The molecule has 0 spiro atoms. The first-order chi connectivity index (χ1) is 14.0. The molecule has 1 saturated heterocycles. The van der Waals surface area contributed by atoms with Crippen molar-refractivity contribution in [2.24, 2.45) is 0 Å². The molecule has 0 aromatic heterocycles. The molecule has 5 nitrogen and oxygen atoms in total. The van der Waals surface area contributed by atoms with Crippen LogP contribution in [0.1, 0.15) is 34.8 Å². The number of nitrogens with zero attached hydrogens (tertiary/aromatic N) is 2. The Morgan fingerprint density at radius 1 is 1.03 bits per heavy atom. The van der Waals surface area contributed by atoms with E-state index in [0.717, 1.165) is 43.2 Å². The fraction of sp³-hybridized carbons (Fsp3) is 0.391. The van der Waals surface area contributed by atoms with Crippen LogP contribution < -0.4 is 4.74 Å². The van der Waals surface area contributed by atoms with E-state index in [2.05, 4.69) is 4.90 Å². The molecule has 0 atom stereocenters. The third-order valence-corrected chi connectivity index (χ3v) is 5.54. The number of benzene rings is 2. The van der Waals surface area contributed by atoms with Crippen LogP contribution in [0, 0.1) is 0 Å². The van der Waals surface area contributed by atoms with Crippen molar-refractivity contribution < 1.29 is 14.3 Å². The summed E-state index contributed by atoms with van der Waals surface area (Å²) in [5, 5.41) is 0.741. The largest absolute Gasteiger partial charge is 0.496 e. The molecule has 6 heteroatoms. The van der Waals surface area contributed by atoms with Crippen molar-refractivity contribution in [3.8, 4) is 5.75 Å². The number of hydrogen-bond acceptors (Lipinski definition) is 4. The molecule has 29 heavy (non-hydrogen) atoms. The Balaban J connectivity index is 1.61. The first kappa shape index (κ1) is 21.3. The Bertz CT molecular complexity index is 867. The van der Waals surface area contributed by atoms with Crippen LogP contribution in [-0.2, 0) is 17.8 Å². The van der Waals surface area contributed by atoms with E-state index in [0.29, 0.717) is 17.9 Å². The van der Waals surface area contributed by atoms with E-state index in [-0.39, 0.29) is 18.1 Å².